The Morgan fingerprint density at radius 1 is 1.10 bits per heavy atom. The summed E-state index contributed by atoms with van der Waals surface area (Å²) in [5, 5.41) is 5.60. The number of fused-ring (bicyclic) bond motifs is 1. The van der Waals surface area contributed by atoms with Gasteiger partial charge in [-0.2, -0.15) is 13.2 Å². The van der Waals surface area contributed by atoms with E-state index in [0.717, 1.165) is 10.9 Å². The molecule has 2 aromatic rings. The van der Waals surface area contributed by atoms with Crippen molar-refractivity contribution in [1.82, 2.24) is 10.3 Å². The first-order chi connectivity index (χ1) is 9.47. The van der Waals surface area contributed by atoms with Crippen LogP contribution in [0, 0.1) is 0 Å². The molecule has 0 aliphatic carbocycles. The number of carbonyl (C=O) groups excluding carboxylic acids is 1. The van der Waals surface area contributed by atoms with E-state index >= 15 is 0 Å². The summed E-state index contributed by atoms with van der Waals surface area (Å²) in [6.07, 6.45) is -4.85. The smallest absolute Gasteiger partial charge is 0.368 e. The van der Waals surface area contributed by atoms with E-state index in [1.165, 1.54) is 0 Å². The molecule has 4 nitrogen and oxygen atoms in total. The Labute approximate surface area is 113 Å². The monoisotopic (exact) mass is 283 g/mol. The van der Waals surface area contributed by atoms with Crippen LogP contribution in [0.5, 0.6) is 0 Å². The van der Waals surface area contributed by atoms with Gasteiger partial charge in [-0.05, 0) is 18.2 Å². The number of pyridine rings is 1. The van der Waals surface area contributed by atoms with Gasteiger partial charge in [0.15, 0.2) is 0 Å². The Bertz CT molecular complexity index is 613. The fourth-order valence-electron chi connectivity index (χ4n) is 1.63. The third-order valence-corrected chi connectivity index (χ3v) is 2.57. The first-order valence-corrected chi connectivity index (χ1v) is 5.91. The Morgan fingerprint density at radius 2 is 1.85 bits per heavy atom. The maximum Gasteiger partial charge on any atom is 0.471 e. The zero-order chi connectivity index (χ0) is 14.6. The number of nitrogens with one attached hydrogen (secondary N) is 2. The fourth-order valence-corrected chi connectivity index (χ4v) is 1.63. The Kier molecular flexibility index (Phi) is 4.07. The second-order valence-electron chi connectivity index (χ2n) is 4.07. The van der Waals surface area contributed by atoms with Gasteiger partial charge >= 0.3 is 12.1 Å². The second kappa shape index (κ2) is 5.77. The molecule has 1 aromatic heterocycles. The SMILES string of the molecule is O=C(NCCNc1ccc2ccccc2n1)C(F)(F)F. The third kappa shape index (κ3) is 3.59. The summed E-state index contributed by atoms with van der Waals surface area (Å²) in [6.45, 7) is 0.0278. The van der Waals surface area contributed by atoms with Crippen molar-refractivity contribution in [3.8, 4) is 0 Å². The number of anilines is 1. The predicted molar refractivity (Wildman–Crippen MR) is 69.3 cm³/mol. The molecule has 1 heterocycles. The molecular weight excluding hydrogens is 271 g/mol. The number of hydrogen-bond donors (Lipinski definition) is 2. The average molecular weight is 283 g/mol. The molecule has 2 rings (SSSR count). The number of nitrogens with zero attached hydrogens (tertiary/aromatic N) is 1. The van der Waals surface area contributed by atoms with Crippen molar-refractivity contribution in [2.24, 2.45) is 0 Å². The lowest BCUT2D eigenvalue weighted by atomic mass is 10.2. The highest BCUT2D eigenvalue weighted by Gasteiger charge is 2.38. The average Bonchev–Trinajstić information content (AvgIpc) is 2.42. The fraction of sp³-hybridized carbons (Fsp3) is 0.231. The van der Waals surface area contributed by atoms with Gasteiger partial charge in [-0.15, -0.1) is 0 Å². The lowest BCUT2D eigenvalue weighted by molar-refractivity contribution is -0.173. The summed E-state index contributed by atoms with van der Waals surface area (Å²) in [7, 11) is 0. The number of hydrogen-bond acceptors (Lipinski definition) is 3. The molecular formula is C13H12F3N3O. The van der Waals surface area contributed by atoms with Gasteiger partial charge < -0.3 is 10.6 Å². The van der Waals surface area contributed by atoms with Crippen LogP contribution in [-0.2, 0) is 4.79 Å². The second-order valence-corrected chi connectivity index (χ2v) is 4.07. The number of carbonyl (C=O) groups is 1. The van der Waals surface area contributed by atoms with Crippen molar-refractivity contribution in [2.45, 2.75) is 6.18 Å². The van der Waals surface area contributed by atoms with Crippen LogP contribution < -0.4 is 10.6 Å². The molecule has 20 heavy (non-hydrogen) atoms. The van der Waals surface area contributed by atoms with Gasteiger partial charge in [0, 0.05) is 18.5 Å². The summed E-state index contributed by atoms with van der Waals surface area (Å²) in [5.41, 5.74) is 0.789. The molecule has 0 aliphatic rings. The summed E-state index contributed by atoms with van der Waals surface area (Å²) in [4.78, 5) is 14.9. The molecule has 0 unspecified atom stereocenters. The number of halogens is 3. The number of benzene rings is 1. The van der Waals surface area contributed by atoms with Crippen LogP contribution in [0.15, 0.2) is 36.4 Å². The molecule has 7 heteroatoms. The minimum Gasteiger partial charge on any atom is -0.368 e. The number of rotatable bonds is 4. The number of aromatic nitrogens is 1. The predicted octanol–water partition coefficient (Wildman–Crippen LogP) is 2.33. The number of alkyl halides is 3. The summed E-state index contributed by atoms with van der Waals surface area (Å²) in [5.74, 6) is -1.39. The van der Waals surface area contributed by atoms with Gasteiger partial charge in [-0.1, -0.05) is 18.2 Å². The van der Waals surface area contributed by atoms with Gasteiger partial charge in [0.25, 0.3) is 0 Å². The van der Waals surface area contributed by atoms with E-state index < -0.39 is 12.1 Å². The molecule has 0 radical (unpaired) electrons. The Hall–Kier alpha value is -2.31. The Balaban J connectivity index is 1.86. The molecule has 1 amide bonds. The highest BCUT2D eigenvalue weighted by atomic mass is 19.4. The molecule has 106 valence electrons. The van der Waals surface area contributed by atoms with E-state index in [2.05, 4.69) is 10.3 Å². The number of para-hydroxylation sites is 1. The van der Waals surface area contributed by atoms with Crippen LogP contribution in [0.2, 0.25) is 0 Å². The van der Waals surface area contributed by atoms with Crippen LogP contribution in [-0.4, -0.2) is 30.2 Å². The first kappa shape index (κ1) is 14.1. The van der Waals surface area contributed by atoms with Gasteiger partial charge in [0.1, 0.15) is 5.82 Å². The van der Waals surface area contributed by atoms with Crippen molar-refractivity contribution < 1.29 is 18.0 Å². The molecule has 0 atom stereocenters. The Morgan fingerprint density at radius 3 is 2.60 bits per heavy atom. The van der Waals surface area contributed by atoms with E-state index in [4.69, 9.17) is 0 Å². The van der Waals surface area contributed by atoms with Crippen molar-refractivity contribution in [1.29, 1.82) is 0 Å². The molecule has 1 aromatic carbocycles. The molecule has 0 saturated heterocycles. The van der Waals surface area contributed by atoms with E-state index in [1.807, 2.05) is 30.3 Å². The minimum atomic E-state index is -4.85. The van der Waals surface area contributed by atoms with E-state index in [9.17, 15) is 18.0 Å². The highest BCUT2D eigenvalue weighted by molar-refractivity contribution is 5.81. The van der Waals surface area contributed by atoms with Crippen LogP contribution in [0.1, 0.15) is 0 Å². The minimum absolute atomic E-state index is 0.132. The quantitative estimate of drug-likeness (QED) is 0.847. The molecule has 0 bridgehead atoms. The zero-order valence-corrected chi connectivity index (χ0v) is 10.4. The van der Waals surface area contributed by atoms with Crippen molar-refractivity contribution in [3.63, 3.8) is 0 Å². The van der Waals surface area contributed by atoms with Crippen LogP contribution in [0.4, 0.5) is 19.0 Å². The summed E-state index contributed by atoms with van der Waals surface area (Å²) >= 11 is 0. The van der Waals surface area contributed by atoms with Crippen LogP contribution in [0.25, 0.3) is 10.9 Å². The van der Waals surface area contributed by atoms with Gasteiger partial charge in [-0.3, -0.25) is 4.79 Å². The van der Waals surface area contributed by atoms with Crippen molar-refractivity contribution in [3.05, 3.63) is 36.4 Å². The van der Waals surface area contributed by atoms with E-state index in [-0.39, 0.29) is 13.1 Å². The largest absolute Gasteiger partial charge is 0.471 e. The lowest BCUT2D eigenvalue weighted by Gasteiger charge is -2.09. The standard InChI is InChI=1S/C13H12F3N3O/c14-13(15,16)12(20)18-8-7-17-11-6-5-9-3-1-2-4-10(9)19-11/h1-6H,7-8H2,(H,17,19)(H,18,20). The zero-order valence-electron chi connectivity index (χ0n) is 10.4. The van der Waals surface area contributed by atoms with Crippen LogP contribution >= 0.6 is 0 Å². The van der Waals surface area contributed by atoms with Crippen molar-refractivity contribution >= 4 is 22.6 Å². The molecule has 0 saturated carbocycles. The molecule has 2 N–H and O–H groups in total. The maximum atomic E-state index is 11.9. The maximum absolute atomic E-state index is 11.9. The van der Waals surface area contributed by atoms with E-state index in [0.29, 0.717) is 5.82 Å². The normalized spacial score (nSPS) is 11.3. The molecule has 0 spiro atoms. The van der Waals surface area contributed by atoms with E-state index in [1.54, 1.807) is 11.4 Å². The van der Waals surface area contributed by atoms with Gasteiger partial charge in [0.05, 0.1) is 5.52 Å². The van der Waals surface area contributed by atoms with Crippen molar-refractivity contribution in [2.75, 3.05) is 18.4 Å². The topological polar surface area (TPSA) is 54.0 Å². The molecule has 0 fully saturated rings. The summed E-state index contributed by atoms with van der Waals surface area (Å²) < 4.78 is 35.8. The van der Waals surface area contributed by atoms with Crippen LogP contribution in [0.3, 0.4) is 0 Å². The third-order valence-electron chi connectivity index (χ3n) is 2.57. The number of amides is 1. The lowest BCUT2D eigenvalue weighted by Crippen LogP contribution is -2.39. The summed E-state index contributed by atoms with van der Waals surface area (Å²) in [6, 6.07) is 11.1. The first-order valence-electron chi connectivity index (χ1n) is 5.91. The van der Waals surface area contributed by atoms with Gasteiger partial charge in [0.2, 0.25) is 0 Å². The molecule has 0 aliphatic heterocycles. The highest BCUT2D eigenvalue weighted by Crippen LogP contribution is 2.15. The van der Waals surface area contributed by atoms with Gasteiger partial charge in [-0.25, -0.2) is 4.98 Å².